The fourth-order valence-electron chi connectivity index (χ4n) is 4.19. The molecule has 11 heteroatoms. The molecule has 11 nitrogen and oxygen atoms in total. The molecule has 45 heavy (non-hydrogen) atoms. The number of carbonyl (C=O) groups is 4. The van der Waals surface area contributed by atoms with Crippen LogP contribution >= 0.6 is 0 Å². The molecule has 1 aliphatic rings. The number of hydrogen-bond acceptors (Lipinski definition) is 11. The molecular weight excluding hydrogens is 584 g/mol. The summed E-state index contributed by atoms with van der Waals surface area (Å²) in [4.78, 5) is 53.2. The van der Waals surface area contributed by atoms with Gasteiger partial charge in [-0.05, 0) is 94.7 Å². The van der Waals surface area contributed by atoms with Crippen LogP contribution in [0.1, 0.15) is 100 Å². The second-order valence-electron chi connectivity index (χ2n) is 15.5. The lowest BCUT2D eigenvalue weighted by Gasteiger charge is -2.46. The maximum atomic E-state index is 13.5. The molecular formula is C34H52O11. The molecule has 0 radical (unpaired) electrons. The Kier molecular flexibility index (Phi) is 11.9. The molecule has 5 atom stereocenters. The molecule has 0 aliphatic carbocycles. The highest BCUT2D eigenvalue weighted by atomic mass is 16.7. The third-order valence-corrected chi connectivity index (χ3v) is 7.02. The van der Waals surface area contributed by atoms with Gasteiger partial charge in [0.25, 0.3) is 0 Å². The number of benzene rings is 1. The highest BCUT2D eigenvalue weighted by molar-refractivity contribution is 5.78. The number of rotatable bonds is 8. The SMILES string of the molecule is COc1cccc(CO)c1[C@@H]1O[C@H](COC(=O)C(C)(C)C)[C@@H](OC(=O)C(C)(C)C)[C@H](OC(=O)C(C)(C)C)[C@H]1OC(=O)C(C)(C)C. The van der Waals surface area contributed by atoms with Crippen molar-refractivity contribution >= 4 is 23.9 Å². The van der Waals surface area contributed by atoms with Gasteiger partial charge in [-0.3, -0.25) is 19.2 Å². The average molecular weight is 637 g/mol. The molecule has 0 aromatic heterocycles. The largest absolute Gasteiger partial charge is 0.496 e. The Labute approximate surface area is 267 Å². The summed E-state index contributed by atoms with van der Waals surface area (Å²) < 4.78 is 36.0. The molecule has 1 aliphatic heterocycles. The number of aliphatic hydroxyl groups excluding tert-OH is 1. The second-order valence-corrected chi connectivity index (χ2v) is 15.5. The standard InChI is InChI=1S/C34H52O11/c1-31(2,3)27(36)41-18-21-23(43-28(37)32(4,5)6)25(44-29(38)33(7,8)9)26(45-30(39)34(10,11)12)24(42-21)22-19(17-35)15-14-16-20(22)40-13/h14-16,21,23-26,35H,17-18H2,1-13H3/t21-,23-,24+,25+,26+/m1/s1. The highest BCUT2D eigenvalue weighted by Crippen LogP contribution is 2.44. The van der Waals surface area contributed by atoms with Gasteiger partial charge in [0.2, 0.25) is 0 Å². The van der Waals surface area contributed by atoms with Crippen LogP contribution in [-0.2, 0) is 49.5 Å². The third kappa shape index (κ3) is 9.66. The summed E-state index contributed by atoms with van der Waals surface area (Å²) in [6.45, 7) is 19.2. The average Bonchev–Trinajstić information content (AvgIpc) is 2.90. The van der Waals surface area contributed by atoms with E-state index in [1.807, 2.05) is 0 Å². The Hall–Kier alpha value is -3.18. The van der Waals surface area contributed by atoms with Gasteiger partial charge in [-0.1, -0.05) is 12.1 Å². The molecule has 0 bridgehead atoms. The van der Waals surface area contributed by atoms with E-state index in [1.54, 1.807) is 101 Å². The van der Waals surface area contributed by atoms with Crippen LogP contribution in [0, 0.1) is 21.7 Å². The molecule has 1 saturated heterocycles. The Balaban J connectivity index is 2.90. The minimum absolute atomic E-state index is 0.305. The highest BCUT2D eigenvalue weighted by Gasteiger charge is 2.55. The summed E-state index contributed by atoms with van der Waals surface area (Å²) in [5.74, 6) is -2.18. The van der Waals surface area contributed by atoms with Crippen LogP contribution < -0.4 is 4.74 Å². The molecule has 0 amide bonds. The van der Waals surface area contributed by atoms with Crippen LogP contribution in [0.4, 0.5) is 0 Å². The van der Waals surface area contributed by atoms with Gasteiger partial charge >= 0.3 is 23.9 Å². The summed E-state index contributed by atoms with van der Waals surface area (Å²) >= 11 is 0. The molecule has 0 unspecified atom stereocenters. The van der Waals surface area contributed by atoms with Gasteiger partial charge in [-0.2, -0.15) is 0 Å². The minimum atomic E-state index is -1.41. The molecule has 1 aromatic rings. The Morgan fingerprint density at radius 1 is 0.689 bits per heavy atom. The summed E-state index contributed by atoms with van der Waals surface area (Å²) in [5.41, 5.74) is -3.10. The Bertz CT molecular complexity index is 1200. The molecule has 254 valence electrons. The molecule has 2 rings (SSSR count). The first kappa shape index (κ1) is 38.0. The smallest absolute Gasteiger partial charge is 0.311 e. The molecule has 1 heterocycles. The predicted molar refractivity (Wildman–Crippen MR) is 165 cm³/mol. The summed E-state index contributed by atoms with van der Waals surface area (Å²) in [7, 11) is 1.44. The van der Waals surface area contributed by atoms with E-state index in [4.69, 9.17) is 28.4 Å². The monoisotopic (exact) mass is 636 g/mol. The predicted octanol–water partition coefficient (Wildman–Crippen LogP) is 5.09. The van der Waals surface area contributed by atoms with Crippen LogP contribution in [0.15, 0.2) is 18.2 Å². The van der Waals surface area contributed by atoms with Crippen molar-refractivity contribution in [2.24, 2.45) is 21.7 Å². The zero-order chi connectivity index (χ0) is 34.7. The first-order valence-corrected chi connectivity index (χ1v) is 15.2. The summed E-state index contributed by atoms with van der Waals surface area (Å²) in [5, 5.41) is 10.3. The van der Waals surface area contributed by atoms with E-state index in [-0.39, 0.29) is 6.61 Å². The van der Waals surface area contributed by atoms with Crippen molar-refractivity contribution in [1.82, 2.24) is 0 Å². The molecule has 0 saturated carbocycles. The van der Waals surface area contributed by atoms with E-state index >= 15 is 0 Å². The quantitative estimate of drug-likeness (QED) is 0.301. The topological polar surface area (TPSA) is 144 Å². The molecule has 0 spiro atoms. The number of methoxy groups -OCH3 is 1. The fraction of sp³-hybridized carbons (Fsp3) is 0.706. The van der Waals surface area contributed by atoms with E-state index in [0.29, 0.717) is 16.9 Å². The van der Waals surface area contributed by atoms with Crippen molar-refractivity contribution in [1.29, 1.82) is 0 Å². The van der Waals surface area contributed by atoms with Crippen molar-refractivity contribution in [3.05, 3.63) is 29.3 Å². The van der Waals surface area contributed by atoms with Crippen molar-refractivity contribution in [2.75, 3.05) is 13.7 Å². The van der Waals surface area contributed by atoms with E-state index in [0.717, 1.165) is 0 Å². The number of aliphatic hydroxyl groups is 1. The lowest BCUT2D eigenvalue weighted by Crippen LogP contribution is -2.61. The zero-order valence-corrected chi connectivity index (χ0v) is 29.1. The Morgan fingerprint density at radius 3 is 1.56 bits per heavy atom. The molecule has 1 aromatic carbocycles. The number of hydrogen-bond donors (Lipinski definition) is 1. The summed E-state index contributed by atoms with van der Waals surface area (Å²) in [6.07, 6.45) is -6.56. The van der Waals surface area contributed by atoms with E-state index in [2.05, 4.69) is 0 Å². The lowest BCUT2D eigenvalue weighted by molar-refractivity contribution is -0.262. The summed E-state index contributed by atoms with van der Waals surface area (Å²) in [6, 6.07) is 4.98. The van der Waals surface area contributed by atoms with Gasteiger partial charge in [0, 0.05) is 5.56 Å². The third-order valence-electron chi connectivity index (χ3n) is 7.02. The first-order valence-electron chi connectivity index (χ1n) is 15.2. The zero-order valence-electron chi connectivity index (χ0n) is 29.1. The van der Waals surface area contributed by atoms with Gasteiger partial charge in [0.05, 0.1) is 35.4 Å². The van der Waals surface area contributed by atoms with Crippen LogP contribution in [0.5, 0.6) is 5.75 Å². The first-order chi connectivity index (χ1) is 20.4. The Morgan fingerprint density at radius 2 is 1.13 bits per heavy atom. The van der Waals surface area contributed by atoms with Crippen molar-refractivity contribution in [3.8, 4) is 5.75 Å². The van der Waals surface area contributed by atoms with E-state index < -0.39 is 82.7 Å². The number of esters is 4. The number of ether oxygens (including phenoxy) is 6. The van der Waals surface area contributed by atoms with Crippen molar-refractivity contribution in [2.45, 2.75) is 120 Å². The molecule has 1 fully saturated rings. The van der Waals surface area contributed by atoms with Crippen LogP contribution in [0.3, 0.4) is 0 Å². The van der Waals surface area contributed by atoms with E-state index in [9.17, 15) is 24.3 Å². The maximum Gasteiger partial charge on any atom is 0.311 e. The minimum Gasteiger partial charge on any atom is -0.496 e. The van der Waals surface area contributed by atoms with Gasteiger partial charge in [-0.25, -0.2) is 0 Å². The van der Waals surface area contributed by atoms with Gasteiger partial charge in [0.15, 0.2) is 18.3 Å². The van der Waals surface area contributed by atoms with Crippen LogP contribution in [0.25, 0.3) is 0 Å². The normalized spacial score (nSPS) is 22.7. The van der Waals surface area contributed by atoms with Gasteiger partial charge in [-0.15, -0.1) is 0 Å². The van der Waals surface area contributed by atoms with Crippen LogP contribution in [0.2, 0.25) is 0 Å². The number of carbonyl (C=O) groups excluding carboxylic acids is 4. The second kappa shape index (κ2) is 14.1. The lowest BCUT2D eigenvalue weighted by atomic mass is 9.86. The fourth-order valence-corrected chi connectivity index (χ4v) is 4.19. The van der Waals surface area contributed by atoms with Gasteiger partial charge < -0.3 is 33.5 Å². The maximum absolute atomic E-state index is 13.5. The van der Waals surface area contributed by atoms with Crippen molar-refractivity contribution < 1.29 is 52.7 Å². The van der Waals surface area contributed by atoms with Crippen LogP contribution in [-0.4, -0.2) is 67.1 Å². The molecule has 1 N–H and O–H groups in total. The van der Waals surface area contributed by atoms with Gasteiger partial charge in [0.1, 0.15) is 24.6 Å². The van der Waals surface area contributed by atoms with Crippen molar-refractivity contribution in [3.63, 3.8) is 0 Å². The van der Waals surface area contributed by atoms with E-state index in [1.165, 1.54) is 7.11 Å².